The Hall–Kier alpha value is -3.39. The fraction of sp³-hybridized carbons (Fsp3) is 0.250. The van der Waals surface area contributed by atoms with Crippen LogP contribution < -0.4 is 10.0 Å². The maximum atomic E-state index is 12.7. The van der Waals surface area contributed by atoms with Gasteiger partial charge in [-0.1, -0.05) is 48.5 Å². The third-order valence-electron chi connectivity index (χ3n) is 5.65. The van der Waals surface area contributed by atoms with E-state index >= 15 is 0 Å². The Labute approximate surface area is 187 Å². The Bertz CT molecular complexity index is 1300. The minimum Gasteiger partial charge on any atom is -0.384 e. The first kappa shape index (κ1) is 21.8. The zero-order valence-electron chi connectivity index (χ0n) is 18.0. The molecule has 0 saturated carbocycles. The average molecular weight is 452 g/mol. The Balaban J connectivity index is 1.46. The summed E-state index contributed by atoms with van der Waals surface area (Å²) in [6.45, 7) is 0.311. The van der Waals surface area contributed by atoms with Crippen LogP contribution in [0.1, 0.15) is 17.0 Å². The lowest BCUT2D eigenvalue weighted by molar-refractivity contribution is -0.143. The van der Waals surface area contributed by atoms with E-state index in [0.29, 0.717) is 29.9 Å². The highest BCUT2D eigenvalue weighted by atomic mass is 32.2. The lowest BCUT2D eigenvalue weighted by Crippen LogP contribution is -2.34. The molecule has 3 aromatic rings. The number of anilines is 2. The number of aryl methyl sites for hydroxylation is 1. The molecule has 1 unspecified atom stereocenters. The smallest absolute Gasteiger partial charge is 0.290 e. The molecule has 0 bridgehead atoms. The quantitative estimate of drug-likeness (QED) is 0.539. The molecule has 2 N–H and O–H groups in total. The number of nitrogens with one attached hydrogen (secondary N) is 2. The van der Waals surface area contributed by atoms with Crippen LogP contribution in [0.5, 0.6) is 0 Å². The number of fused-ring (bicyclic) bond motifs is 2. The van der Waals surface area contributed by atoms with E-state index in [1.807, 2.05) is 42.5 Å². The molecule has 0 aliphatic carbocycles. The lowest BCUT2D eigenvalue weighted by Gasteiger charge is -2.14. The highest BCUT2D eigenvalue weighted by molar-refractivity contribution is 7.92. The van der Waals surface area contributed by atoms with E-state index < -0.39 is 27.6 Å². The summed E-state index contributed by atoms with van der Waals surface area (Å²) in [6.07, 6.45) is 0.392. The molecule has 3 aromatic carbocycles. The lowest BCUT2D eigenvalue weighted by atomic mass is 9.96. The first-order valence-electron chi connectivity index (χ1n) is 10.4. The summed E-state index contributed by atoms with van der Waals surface area (Å²) in [7, 11) is -0.496. The van der Waals surface area contributed by atoms with Crippen molar-refractivity contribution in [3.05, 3.63) is 71.8 Å². The Morgan fingerprint density at radius 2 is 1.81 bits per heavy atom. The number of benzene rings is 3. The second-order valence-corrected chi connectivity index (χ2v) is 9.95. The number of carbonyl (C=O) groups is 2. The van der Waals surface area contributed by atoms with Crippen molar-refractivity contribution in [3.63, 3.8) is 0 Å². The third-order valence-corrected chi connectivity index (χ3v) is 6.94. The molecule has 1 amide bonds. The predicted molar refractivity (Wildman–Crippen MR) is 126 cm³/mol. The van der Waals surface area contributed by atoms with Gasteiger partial charge in [0.15, 0.2) is 0 Å². The number of sulfonamides is 1. The van der Waals surface area contributed by atoms with Crippen molar-refractivity contribution in [1.29, 1.82) is 0 Å². The van der Waals surface area contributed by atoms with E-state index in [4.69, 9.17) is 0 Å². The molecule has 1 heterocycles. The minimum absolute atomic E-state index is 0.0516. The van der Waals surface area contributed by atoms with Crippen molar-refractivity contribution < 1.29 is 18.0 Å². The van der Waals surface area contributed by atoms with Crippen LogP contribution in [0.3, 0.4) is 0 Å². The fourth-order valence-corrected chi connectivity index (χ4v) is 5.06. The molecule has 0 fully saturated rings. The summed E-state index contributed by atoms with van der Waals surface area (Å²) in [4.78, 5) is 25.7. The van der Waals surface area contributed by atoms with Gasteiger partial charge in [-0.2, -0.15) is 0 Å². The van der Waals surface area contributed by atoms with Gasteiger partial charge in [0.2, 0.25) is 15.8 Å². The Kier molecular flexibility index (Phi) is 5.88. The molecule has 1 aliphatic heterocycles. The van der Waals surface area contributed by atoms with Crippen molar-refractivity contribution in [2.24, 2.45) is 0 Å². The maximum Gasteiger partial charge on any atom is 0.290 e. The van der Waals surface area contributed by atoms with E-state index in [9.17, 15) is 18.0 Å². The molecule has 7 nitrogen and oxygen atoms in total. The topological polar surface area (TPSA) is 95.6 Å². The molecular formula is C24H25N3O4S. The first-order valence-corrected chi connectivity index (χ1v) is 12.0. The van der Waals surface area contributed by atoms with Gasteiger partial charge >= 0.3 is 0 Å². The number of hydrogen-bond acceptors (Lipinski definition) is 5. The SMILES string of the molecule is CN(C)C(=O)C(=O)C1CNc2cc(NS(=O)(=O)CCc3cccc4ccccc34)ccc21. The molecule has 8 heteroatoms. The fourth-order valence-electron chi connectivity index (χ4n) is 3.99. The van der Waals surface area contributed by atoms with Crippen molar-refractivity contribution >= 4 is 43.9 Å². The van der Waals surface area contributed by atoms with E-state index in [1.165, 1.54) is 4.90 Å². The van der Waals surface area contributed by atoms with Crippen LogP contribution in [0.2, 0.25) is 0 Å². The van der Waals surface area contributed by atoms with E-state index in [2.05, 4.69) is 10.0 Å². The highest BCUT2D eigenvalue weighted by Gasteiger charge is 2.33. The Morgan fingerprint density at radius 3 is 2.59 bits per heavy atom. The Morgan fingerprint density at radius 1 is 1.06 bits per heavy atom. The van der Waals surface area contributed by atoms with E-state index in [1.54, 1.807) is 32.3 Å². The monoisotopic (exact) mass is 451 g/mol. The second-order valence-electron chi connectivity index (χ2n) is 8.11. The first-order chi connectivity index (χ1) is 15.2. The van der Waals surface area contributed by atoms with Gasteiger partial charge in [-0.15, -0.1) is 0 Å². The summed E-state index contributed by atoms with van der Waals surface area (Å²) in [6, 6.07) is 18.8. The highest BCUT2D eigenvalue weighted by Crippen LogP contribution is 2.34. The van der Waals surface area contributed by atoms with Gasteiger partial charge in [0.25, 0.3) is 5.91 Å². The van der Waals surface area contributed by atoms with Crippen LogP contribution >= 0.6 is 0 Å². The summed E-state index contributed by atoms with van der Waals surface area (Å²) in [5, 5.41) is 5.23. The van der Waals surface area contributed by atoms with Crippen molar-refractivity contribution in [2.75, 3.05) is 36.4 Å². The number of rotatable bonds is 7. The summed E-state index contributed by atoms with van der Waals surface area (Å²) in [5.41, 5.74) is 2.75. The molecule has 1 atom stereocenters. The number of likely N-dealkylation sites (N-methyl/N-ethyl adjacent to an activating group) is 1. The number of Topliss-reactive ketones (excluding diaryl/α,β-unsaturated/α-hetero) is 1. The molecule has 32 heavy (non-hydrogen) atoms. The van der Waals surface area contributed by atoms with E-state index in [0.717, 1.165) is 16.3 Å². The van der Waals surface area contributed by atoms with Crippen LogP contribution in [0.15, 0.2) is 60.7 Å². The van der Waals surface area contributed by atoms with Gasteiger partial charge in [-0.3, -0.25) is 14.3 Å². The van der Waals surface area contributed by atoms with E-state index in [-0.39, 0.29) is 5.75 Å². The van der Waals surface area contributed by atoms with Gasteiger partial charge in [-0.05, 0) is 40.5 Å². The van der Waals surface area contributed by atoms with Crippen molar-refractivity contribution in [3.8, 4) is 0 Å². The molecule has 4 rings (SSSR count). The molecule has 0 radical (unpaired) electrons. The van der Waals surface area contributed by atoms with Crippen molar-refractivity contribution in [1.82, 2.24) is 4.90 Å². The number of ketones is 1. The molecule has 0 spiro atoms. The predicted octanol–water partition coefficient (Wildman–Crippen LogP) is 2.99. The largest absolute Gasteiger partial charge is 0.384 e. The van der Waals surface area contributed by atoms with Crippen molar-refractivity contribution in [2.45, 2.75) is 12.3 Å². The van der Waals surface area contributed by atoms with Gasteiger partial charge in [-0.25, -0.2) is 8.42 Å². The minimum atomic E-state index is -3.58. The van der Waals surface area contributed by atoms with Gasteiger partial charge < -0.3 is 10.2 Å². The van der Waals surface area contributed by atoms with Crippen LogP contribution in [-0.2, 0) is 26.0 Å². The average Bonchev–Trinajstić information content (AvgIpc) is 3.19. The van der Waals surface area contributed by atoms with Gasteiger partial charge in [0, 0.05) is 26.3 Å². The van der Waals surface area contributed by atoms with Crippen LogP contribution in [0, 0.1) is 0 Å². The third kappa shape index (κ3) is 4.45. The van der Waals surface area contributed by atoms with Crippen LogP contribution in [0.25, 0.3) is 10.8 Å². The normalized spacial score (nSPS) is 15.1. The number of amides is 1. The van der Waals surface area contributed by atoms with Gasteiger partial charge in [0.1, 0.15) is 0 Å². The zero-order chi connectivity index (χ0) is 22.9. The zero-order valence-corrected chi connectivity index (χ0v) is 18.8. The maximum absolute atomic E-state index is 12.7. The standard InChI is InChI=1S/C24H25N3O4S/c1-27(2)24(29)23(28)21-15-25-22-14-18(10-11-20(21)22)26-32(30,31)13-12-17-8-5-7-16-6-3-4-9-19(16)17/h3-11,14,21,25-26H,12-13,15H2,1-2H3. The number of hydrogen-bond donors (Lipinski definition) is 2. The molecule has 166 valence electrons. The van der Waals surface area contributed by atoms with Crippen LogP contribution in [-0.4, -0.2) is 51.4 Å². The summed E-state index contributed by atoms with van der Waals surface area (Å²) < 4.78 is 28.0. The number of nitrogens with zero attached hydrogens (tertiary/aromatic N) is 1. The summed E-state index contributed by atoms with van der Waals surface area (Å²) >= 11 is 0. The van der Waals surface area contributed by atoms with Gasteiger partial charge in [0.05, 0.1) is 17.4 Å². The molecule has 1 aliphatic rings. The van der Waals surface area contributed by atoms with Crippen LogP contribution in [0.4, 0.5) is 11.4 Å². The molecule has 0 aromatic heterocycles. The second kappa shape index (κ2) is 8.63. The number of carbonyl (C=O) groups excluding carboxylic acids is 2. The molecule has 0 saturated heterocycles. The molecular weight excluding hydrogens is 426 g/mol. The summed E-state index contributed by atoms with van der Waals surface area (Å²) in [5.74, 6) is -1.66.